The van der Waals surface area contributed by atoms with Gasteiger partial charge in [-0.05, 0) is 38.1 Å². The molecule has 0 bridgehead atoms. The van der Waals surface area contributed by atoms with Gasteiger partial charge in [0.2, 0.25) is 0 Å². The van der Waals surface area contributed by atoms with E-state index in [4.69, 9.17) is 0 Å². The van der Waals surface area contributed by atoms with Gasteiger partial charge in [0.1, 0.15) is 6.61 Å². The Morgan fingerprint density at radius 2 is 1.76 bits per heavy atom. The van der Waals surface area contributed by atoms with E-state index in [1.165, 1.54) is 0 Å². The van der Waals surface area contributed by atoms with Crippen LogP contribution >= 0.6 is 0 Å². The molecule has 21 heavy (non-hydrogen) atoms. The van der Waals surface area contributed by atoms with Crippen molar-refractivity contribution >= 4 is 16.0 Å². The van der Waals surface area contributed by atoms with Gasteiger partial charge in [-0.25, -0.2) is 0 Å². The van der Waals surface area contributed by atoms with Gasteiger partial charge >= 0.3 is 0 Å². The van der Waals surface area contributed by atoms with Crippen LogP contribution in [0.1, 0.15) is 29.8 Å². The van der Waals surface area contributed by atoms with Crippen molar-refractivity contribution in [1.29, 1.82) is 0 Å². The first-order valence-electron chi connectivity index (χ1n) is 6.60. The van der Waals surface area contributed by atoms with Crippen molar-refractivity contribution in [3.05, 3.63) is 35.4 Å². The predicted molar refractivity (Wildman–Crippen MR) is 81.4 cm³/mol. The fourth-order valence-electron chi connectivity index (χ4n) is 1.66. The first kappa shape index (κ1) is 17.2. The summed E-state index contributed by atoms with van der Waals surface area (Å²) < 4.78 is 26.0. The number of nitrogens with zero attached hydrogens (tertiary/aromatic N) is 1. The Bertz CT molecular complexity index is 634. The van der Waals surface area contributed by atoms with E-state index in [2.05, 4.69) is 16.0 Å². The lowest BCUT2D eigenvalue weighted by atomic mass is 10.1. The van der Waals surface area contributed by atoms with Gasteiger partial charge in [-0.2, -0.15) is 8.42 Å². The van der Waals surface area contributed by atoms with Crippen LogP contribution in [0.2, 0.25) is 0 Å². The lowest BCUT2D eigenvalue weighted by Gasteiger charge is -2.18. The second-order valence-electron chi connectivity index (χ2n) is 4.32. The molecule has 0 aromatic heterocycles. The molecular weight excluding hydrogens is 290 g/mol. The quantitative estimate of drug-likeness (QED) is 0.611. The molecule has 0 aliphatic rings. The Balaban J connectivity index is 2.71. The number of amides is 1. The van der Waals surface area contributed by atoms with Gasteiger partial charge in [0, 0.05) is 24.2 Å². The van der Waals surface area contributed by atoms with E-state index < -0.39 is 10.1 Å². The van der Waals surface area contributed by atoms with E-state index in [0.717, 1.165) is 6.26 Å². The first-order chi connectivity index (χ1) is 9.87. The molecule has 0 N–H and O–H groups in total. The van der Waals surface area contributed by atoms with Crippen molar-refractivity contribution in [2.75, 3.05) is 26.0 Å². The Morgan fingerprint density at radius 1 is 1.19 bits per heavy atom. The highest BCUT2D eigenvalue weighted by molar-refractivity contribution is 7.86. The van der Waals surface area contributed by atoms with Crippen LogP contribution in [0.15, 0.2) is 24.3 Å². The average molecular weight is 309 g/mol. The summed E-state index contributed by atoms with van der Waals surface area (Å²) in [6.45, 7) is 5.02. The Labute approximate surface area is 126 Å². The van der Waals surface area contributed by atoms with Crippen LogP contribution in [-0.4, -0.2) is 45.2 Å². The van der Waals surface area contributed by atoms with Gasteiger partial charge in [-0.15, -0.1) is 0 Å². The van der Waals surface area contributed by atoms with Crippen LogP contribution in [0, 0.1) is 11.8 Å². The van der Waals surface area contributed by atoms with Gasteiger partial charge < -0.3 is 4.90 Å². The van der Waals surface area contributed by atoms with Crippen LogP contribution in [0.4, 0.5) is 0 Å². The van der Waals surface area contributed by atoms with Gasteiger partial charge in [-0.3, -0.25) is 8.98 Å². The molecule has 0 heterocycles. The van der Waals surface area contributed by atoms with Gasteiger partial charge in [0.05, 0.1) is 6.26 Å². The molecule has 0 aliphatic carbocycles. The van der Waals surface area contributed by atoms with Crippen molar-refractivity contribution in [2.45, 2.75) is 13.8 Å². The monoisotopic (exact) mass is 309 g/mol. The number of benzene rings is 1. The largest absolute Gasteiger partial charge is 0.339 e. The van der Waals surface area contributed by atoms with Gasteiger partial charge in [-0.1, -0.05) is 11.8 Å². The minimum Gasteiger partial charge on any atom is -0.339 e. The van der Waals surface area contributed by atoms with Gasteiger partial charge in [0.15, 0.2) is 0 Å². The molecule has 1 amide bonds. The number of carbonyl (C=O) groups excluding carboxylic acids is 1. The summed E-state index contributed by atoms with van der Waals surface area (Å²) in [5.41, 5.74) is 1.31. The molecule has 0 atom stereocenters. The second-order valence-corrected chi connectivity index (χ2v) is 5.97. The summed E-state index contributed by atoms with van der Waals surface area (Å²) in [7, 11) is -3.46. The summed E-state index contributed by atoms with van der Waals surface area (Å²) in [5, 5.41) is 0. The molecule has 0 spiro atoms. The predicted octanol–water partition coefficient (Wildman–Crippen LogP) is 1.50. The molecule has 0 saturated heterocycles. The van der Waals surface area contributed by atoms with E-state index in [-0.39, 0.29) is 12.5 Å². The lowest BCUT2D eigenvalue weighted by Crippen LogP contribution is -2.30. The highest BCUT2D eigenvalue weighted by Gasteiger charge is 2.11. The summed E-state index contributed by atoms with van der Waals surface area (Å²) in [4.78, 5) is 13.8. The summed E-state index contributed by atoms with van der Waals surface area (Å²) in [6.07, 6.45) is 0.975. The SMILES string of the molecule is CCN(CC)C(=O)c1ccc(C#CCOS(C)(=O)=O)cc1. The van der Waals surface area contributed by atoms with E-state index in [9.17, 15) is 13.2 Å². The van der Waals surface area contributed by atoms with Crippen LogP contribution in [-0.2, 0) is 14.3 Å². The van der Waals surface area contributed by atoms with Crippen LogP contribution < -0.4 is 0 Å². The third kappa shape index (κ3) is 5.98. The Kier molecular flexibility index (Phi) is 6.40. The molecular formula is C15H19NO4S. The minimum absolute atomic E-state index is 0.0140. The van der Waals surface area contributed by atoms with E-state index >= 15 is 0 Å². The van der Waals surface area contributed by atoms with E-state index in [0.29, 0.717) is 24.2 Å². The molecule has 0 fully saturated rings. The lowest BCUT2D eigenvalue weighted by molar-refractivity contribution is 0.0773. The topological polar surface area (TPSA) is 63.7 Å². The maximum Gasteiger partial charge on any atom is 0.265 e. The normalized spacial score (nSPS) is 10.6. The average Bonchev–Trinajstić information content (AvgIpc) is 2.44. The molecule has 114 valence electrons. The van der Waals surface area contributed by atoms with Crippen LogP contribution in [0.25, 0.3) is 0 Å². The highest BCUT2D eigenvalue weighted by atomic mass is 32.2. The van der Waals surface area contributed by atoms with Crippen molar-refractivity contribution < 1.29 is 17.4 Å². The molecule has 6 heteroatoms. The number of rotatable bonds is 5. The smallest absolute Gasteiger partial charge is 0.265 e. The highest BCUT2D eigenvalue weighted by Crippen LogP contribution is 2.07. The molecule has 1 aromatic rings. The zero-order valence-corrected chi connectivity index (χ0v) is 13.2. The first-order valence-corrected chi connectivity index (χ1v) is 8.41. The summed E-state index contributed by atoms with van der Waals surface area (Å²) >= 11 is 0. The fraction of sp³-hybridized carbons (Fsp3) is 0.400. The molecule has 0 aliphatic heterocycles. The van der Waals surface area contributed by atoms with E-state index in [1.54, 1.807) is 29.2 Å². The van der Waals surface area contributed by atoms with Crippen molar-refractivity contribution in [3.63, 3.8) is 0 Å². The molecule has 1 rings (SSSR count). The molecule has 5 nitrogen and oxygen atoms in total. The second kappa shape index (κ2) is 7.81. The number of carbonyl (C=O) groups is 1. The van der Waals surface area contributed by atoms with Crippen LogP contribution in [0.5, 0.6) is 0 Å². The van der Waals surface area contributed by atoms with Crippen molar-refractivity contribution in [1.82, 2.24) is 4.90 Å². The van der Waals surface area contributed by atoms with Crippen LogP contribution in [0.3, 0.4) is 0 Å². The summed E-state index contributed by atoms with van der Waals surface area (Å²) in [5.74, 6) is 5.37. The molecule has 1 aromatic carbocycles. The molecule has 0 saturated carbocycles. The summed E-state index contributed by atoms with van der Waals surface area (Å²) in [6, 6.07) is 6.87. The van der Waals surface area contributed by atoms with Crippen molar-refractivity contribution in [2.24, 2.45) is 0 Å². The third-order valence-corrected chi connectivity index (χ3v) is 3.31. The standard InChI is InChI=1S/C15H19NO4S/c1-4-16(5-2)15(17)14-10-8-13(9-11-14)7-6-12-20-21(3,18)19/h8-11H,4-5,12H2,1-3H3. The maximum atomic E-state index is 12.1. The minimum atomic E-state index is -3.46. The maximum absolute atomic E-state index is 12.1. The van der Waals surface area contributed by atoms with Crippen molar-refractivity contribution in [3.8, 4) is 11.8 Å². The zero-order chi connectivity index (χ0) is 15.9. The molecule has 0 radical (unpaired) electrons. The molecule has 0 unspecified atom stereocenters. The zero-order valence-electron chi connectivity index (χ0n) is 12.4. The fourth-order valence-corrected chi connectivity index (χ4v) is 1.94. The number of hydrogen-bond acceptors (Lipinski definition) is 4. The van der Waals surface area contributed by atoms with Gasteiger partial charge in [0.25, 0.3) is 16.0 Å². The Hall–Kier alpha value is -1.84. The Morgan fingerprint density at radius 3 is 2.24 bits per heavy atom. The number of hydrogen-bond donors (Lipinski definition) is 0. The van der Waals surface area contributed by atoms with E-state index in [1.807, 2.05) is 13.8 Å². The third-order valence-electron chi connectivity index (χ3n) is 2.76.